The number of rotatable bonds is 3. The van der Waals surface area contributed by atoms with E-state index in [0.717, 1.165) is 0 Å². The first-order chi connectivity index (χ1) is 5.45. The van der Waals surface area contributed by atoms with Crippen molar-refractivity contribution in [3.05, 3.63) is 0 Å². The van der Waals surface area contributed by atoms with E-state index >= 15 is 0 Å². The van der Waals surface area contributed by atoms with E-state index in [-0.39, 0.29) is 36.2 Å². The maximum atomic E-state index is 9.72. The minimum atomic E-state index is -1.79. The van der Waals surface area contributed by atoms with E-state index in [9.17, 15) is 9.59 Å². The van der Waals surface area contributed by atoms with Gasteiger partial charge in [-0.15, -0.1) is 0 Å². The number of aliphatic hydroxyl groups is 2. The summed E-state index contributed by atoms with van der Waals surface area (Å²) in [4.78, 5) is 19.4. The molecular formula is C6H13NaO6. The fraction of sp³-hybridized carbons (Fsp3) is 0.667. The molecule has 0 rings (SSSR count). The molecule has 74 valence electrons. The van der Waals surface area contributed by atoms with Gasteiger partial charge >= 0.3 is 41.5 Å². The van der Waals surface area contributed by atoms with Crippen molar-refractivity contribution in [2.45, 2.75) is 19.4 Å². The van der Waals surface area contributed by atoms with Crippen molar-refractivity contribution in [1.29, 1.82) is 0 Å². The van der Waals surface area contributed by atoms with Crippen LogP contribution >= 0.6 is 0 Å². The van der Waals surface area contributed by atoms with Gasteiger partial charge in [-0.3, -0.25) is 4.79 Å². The maximum absolute atomic E-state index is 9.72. The van der Waals surface area contributed by atoms with Crippen molar-refractivity contribution in [3.63, 3.8) is 0 Å². The van der Waals surface area contributed by atoms with Crippen LogP contribution in [0.3, 0.4) is 0 Å². The van der Waals surface area contributed by atoms with Crippen LogP contribution in [0.4, 0.5) is 0 Å². The van der Waals surface area contributed by atoms with E-state index in [1.54, 1.807) is 6.92 Å². The normalized spacial score (nSPS) is 10.1. The van der Waals surface area contributed by atoms with Gasteiger partial charge in [0.15, 0.2) is 6.10 Å². The van der Waals surface area contributed by atoms with Gasteiger partial charge in [0.1, 0.15) is 0 Å². The van der Waals surface area contributed by atoms with Crippen molar-refractivity contribution in [2.75, 3.05) is 6.61 Å². The Labute approximate surface area is 97.5 Å². The predicted octanol–water partition coefficient (Wildman–Crippen LogP) is -1.74. The molecule has 0 saturated carbocycles. The molecule has 1 unspecified atom stereocenters. The molecule has 0 heterocycles. The van der Waals surface area contributed by atoms with E-state index in [2.05, 4.69) is 0 Å². The summed E-state index contributed by atoms with van der Waals surface area (Å²) < 4.78 is 0. The summed E-state index contributed by atoms with van der Waals surface area (Å²) in [7, 11) is 0. The Balaban J connectivity index is -0.000000220. The van der Waals surface area contributed by atoms with E-state index in [4.69, 9.17) is 20.4 Å². The zero-order valence-corrected chi connectivity index (χ0v) is 6.60. The Morgan fingerprint density at radius 3 is 1.69 bits per heavy atom. The summed E-state index contributed by atoms with van der Waals surface area (Å²) in [5.74, 6) is -2.85. The molecule has 0 bridgehead atoms. The van der Waals surface area contributed by atoms with Crippen molar-refractivity contribution in [2.24, 2.45) is 0 Å². The van der Waals surface area contributed by atoms with Crippen molar-refractivity contribution < 1.29 is 30.0 Å². The Bertz CT molecular complexity index is 148. The third-order valence-corrected chi connectivity index (χ3v) is 0.653. The number of hydrogen-bond acceptors (Lipinski definition) is 4. The molecule has 0 aliphatic heterocycles. The first-order valence-corrected chi connectivity index (χ1v) is 3.19. The van der Waals surface area contributed by atoms with Crippen molar-refractivity contribution >= 4 is 41.5 Å². The van der Waals surface area contributed by atoms with Crippen LogP contribution < -0.4 is 0 Å². The van der Waals surface area contributed by atoms with Gasteiger partial charge in [-0.1, -0.05) is 0 Å². The average Bonchev–Trinajstić information content (AvgIpc) is 1.87. The van der Waals surface area contributed by atoms with Gasteiger partial charge < -0.3 is 20.4 Å². The Morgan fingerprint density at radius 2 is 1.62 bits per heavy atom. The number of hydrogen-bond donors (Lipinski definition) is 4. The van der Waals surface area contributed by atoms with E-state index < -0.39 is 24.5 Å². The second kappa shape index (κ2) is 11.9. The fourth-order valence-electron chi connectivity index (χ4n) is 0.253. The molecule has 0 saturated heterocycles. The van der Waals surface area contributed by atoms with Crippen LogP contribution in [0.15, 0.2) is 0 Å². The van der Waals surface area contributed by atoms with Crippen LogP contribution in [-0.2, 0) is 9.59 Å². The molecule has 0 aliphatic rings. The van der Waals surface area contributed by atoms with Gasteiger partial charge in [0, 0.05) is 6.61 Å². The van der Waals surface area contributed by atoms with Crippen LogP contribution in [0, 0.1) is 0 Å². The van der Waals surface area contributed by atoms with Crippen LogP contribution in [0.1, 0.15) is 13.3 Å². The monoisotopic (exact) mass is 204 g/mol. The SMILES string of the molecule is CCO.O=C(O)CC(O)C(=O)O.[NaH]. The summed E-state index contributed by atoms with van der Waals surface area (Å²) in [5, 5.41) is 31.7. The van der Waals surface area contributed by atoms with Gasteiger partial charge in [-0.05, 0) is 6.92 Å². The Morgan fingerprint density at radius 1 is 1.31 bits per heavy atom. The number of carbonyl (C=O) groups is 2. The molecule has 7 heteroatoms. The second-order valence-corrected chi connectivity index (χ2v) is 1.77. The van der Waals surface area contributed by atoms with Crippen molar-refractivity contribution in [1.82, 2.24) is 0 Å². The first-order valence-electron chi connectivity index (χ1n) is 3.19. The predicted molar refractivity (Wildman–Crippen MR) is 45.8 cm³/mol. The van der Waals surface area contributed by atoms with Gasteiger partial charge in [0.2, 0.25) is 0 Å². The molecule has 0 aliphatic carbocycles. The van der Waals surface area contributed by atoms with Crippen LogP contribution in [-0.4, -0.2) is 74.6 Å². The van der Waals surface area contributed by atoms with Crippen LogP contribution in [0.2, 0.25) is 0 Å². The molecule has 0 aromatic rings. The number of carboxylic acids is 2. The summed E-state index contributed by atoms with van der Waals surface area (Å²) in [6.07, 6.45) is -2.54. The van der Waals surface area contributed by atoms with Gasteiger partial charge in [-0.25, -0.2) is 4.79 Å². The molecule has 13 heavy (non-hydrogen) atoms. The molecule has 0 aromatic heterocycles. The molecular weight excluding hydrogens is 191 g/mol. The quantitative estimate of drug-likeness (QED) is 0.405. The minimum absolute atomic E-state index is 0. The molecule has 1 atom stereocenters. The third-order valence-electron chi connectivity index (χ3n) is 0.653. The number of aliphatic hydroxyl groups excluding tert-OH is 2. The zero-order chi connectivity index (χ0) is 10.1. The van der Waals surface area contributed by atoms with Crippen LogP contribution in [0.5, 0.6) is 0 Å². The topological polar surface area (TPSA) is 115 Å². The summed E-state index contributed by atoms with van der Waals surface area (Å²) in [6, 6.07) is 0. The van der Waals surface area contributed by atoms with E-state index in [0.29, 0.717) is 0 Å². The van der Waals surface area contributed by atoms with E-state index in [1.807, 2.05) is 0 Å². The third kappa shape index (κ3) is 18.7. The Hall–Kier alpha value is -0.140. The fourth-order valence-corrected chi connectivity index (χ4v) is 0.253. The average molecular weight is 204 g/mol. The number of aliphatic carboxylic acids is 2. The molecule has 6 nitrogen and oxygen atoms in total. The van der Waals surface area contributed by atoms with Gasteiger partial charge in [0.05, 0.1) is 6.42 Å². The number of carboxylic acid groups (broad SMARTS) is 2. The van der Waals surface area contributed by atoms with Gasteiger partial charge in [-0.2, -0.15) is 0 Å². The molecule has 0 amide bonds. The summed E-state index contributed by atoms with van der Waals surface area (Å²) >= 11 is 0. The standard InChI is InChI=1S/C4H6O5.C2H6O.Na.H/c5-2(4(8)9)1-3(6)7;1-2-3;;/h2,5H,1H2,(H,6,7)(H,8,9);3H,2H2,1H3;;. The molecule has 4 N–H and O–H groups in total. The summed E-state index contributed by atoms with van der Waals surface area (Å²) in [5.41, 5.74) is 0. The second-order valence-electron chi connectivity index (χ2n) is 1.77. The van der Waals surface area contributed by atoms with Crippen molar-refractivity contribution in [3.8, 4) is 0 Å². The molecule has 0 spiro atoms. The Kier molecular flexibility index (Phi) is 17.0. The first kappa shape index (κ1) is 18.6. The summed E-state index contributed by atoms with van der Waals surface area (Å²) in [6.45, 7) is 1.93. The van der Waals surface area contributed by atoms with E-state index in [1.165, 1.54) is 0 Å². The zero-order valence-electron chi connectivity index (χ0n) is 6.60. The van der Waals surface area contributed by atoms with Gasteiger partial charge in [0.25, 0.3) is 0 Å². The molecule has 0 radical (unpaired) electrons. The molecule has 0 aromatic carbocycles. The molecule has 0 fully saturated rings. The van der Waals surface area contributed by atoms with Crippen LogP contribution in [0.25, 0.3) is 0 Å².